The summed E-state index contributed by atoms with van der Waals surface area (Å²) in [4.78, 5) is 60.8. The molecule has 3 atom stereocenters. The summed E-state index contributed by atoms with van der Waals surface area (Å²) >= 11 is 0. The number of likely N-dealkylation sites (tertiary alicyclic amines) is 1. The van der Waals surface area contributed by atoms with Crippen molar-refractivity contribution in [1.82, 2.24) is 30.4 Å². The number of amides is 4. The van der Waals surface area contributed by atoms with Crippen LogP contribution in [-0.4, -0.2) is 75.9 Å². The lowest BCUT2D eigenvalue weighted by Crippen LogP contribution is -2.42. The van der Waals surface area contributed by atoms with E-state index < -0.39 is 23.6 Å². The molecular weight excluding hydrogens is 428 g/mol. The van der Waals surface area contributed by atoms with Gasteiger partial charge >= 0.3 is 12.1 Å². The normalized spacial score (nSPS) is 28.5. The van der Waals surface area contributed by atoms with Gasteiger partial charge in [-0.25, -0.2) is 14.6 Å². The number of allylic oxidation sites excluding steroid dienone is 3. The highest BCUT2D eigenvalue weighted by Gasteiger charge is 2.56. The van der Waals surface area contributed by atoms with Gasteiger partial charge in [0.2, 0.25) is 5.91 Å². The molecule has 2 saturated heterocycles. The van der Waals surface area contributed by atoms with Crippen LogP contribution in [0.1, 0.15) is 37.5 Å². The van der Waals surface area contributed by atoms with E-state index in [4.69, 9.17) is 4.74 Å². The number of hydrogen-bond acceptors (Lipinski definition) is 6. The van der Waals surface area contributed by atoms with Crippen LogP contribution in [-0.2, 0) is 14.3 Å². The molecule has 0 radical (unpaired) electrons. The van der Waals surface area contributed by atoms with E-state index in [1.54, 1.807) is 29.4 Å². The zero-order valence-corrected chi connectivity index (χ0v) is 18.3. The van der Waals surface area contributed by atoms with Gasteiger partial charge in [-0.2, -0.15) is 0 Å². The minimum atomic E-state index is -0.918. The van der Waals surface area contributed by atoms with Gasteiger partial charge in [-0.3, -0.25) is 14.5 Å². The lowest BCUT2D eigenvalue weighted by molar-refractivity contribution is -0.132. The van der Waals surface area contributed by atoms with Crippen LogP contribution in [0.4, 0.5) is 9.59 Å². The number of urea groups is 1. The van der Waals surface area contributed by atoms with Crippen molar-refractivity contribution in [3.63, 3.8) is 0 Å². The Morgan fingerprint density at radius 2 is 2.15 bits per heavy atom. The third-order valence-corrected chi connectivity index (χ3v) is 6.95. The Bertz CT molecular complexity index is 1060. The van der Waals surface area contributed by atoms with E-state index in [9.17, 15) is 19.2 Å². The predicted molar refractivity (Wildman–Crippen MR) is 115 cm³/mol. The number of aromatic nitrogens is 2. The van der Waals surface area contributed by atoms with Crippen LogP contribution in [0, 0.1) is 5.92 Å². The number of imidazole rings is 1. The number of carbonyl (C=O) groups excluding carboxylic acids is 4. The maximum Gasteiger partial charge on any atom is 0.411 e. The fourth-order valence-electron chi connectivity index (χ4n) is 5.37. The number of H-pyrrole nitrogens is 1. The molecule has 3 unspecified atom stereocenters. The number of aromatic amines is 1. The molecule has 1 saturated carbocycles. The second-order valence-electron chi connectivity index (χ2n) is 8.80. The Balaban J connectivity index is 1.30. The molecular formula is C22H26N6O5. The lowest BCUT2D eigenvalue weighted by atomic mass is 9.85. The molecule has 2 aliphatic heterocycles. The number of Topliss-reactive ketones (excluding diaryl/α,β-unsaturated/α-hetero) is 1. The maximum atomic E-state index is 13.1. The largest absolute Gasteiger partial charge is 0.436 e. The van der Waals surface area contributed by atoms with Crippen LogP contribution in [0.15, 0.2) is 35.8 Å². The molecule has 33 heavy (non-hydrogen) atoms. The van der Waals surface area contributed by atoms with Gasteiger partial charge in [-0.1, -0.05) is 6.08 Å². The molecule has 3 N–H and O–H groups in total. The Kier molecular flexibility index (Phi) is 5.18. The average Bonchev–Trinajstić information content (AvgIpc) is 3.58. The second kappa shape index (κ2) is 8.05. The van der Waals surface area contributed by atoms with Crippen LogP contribution in [0.25, 0.3) is 0 Å². The Morgan fingerprint density at radius 1 is 1.30 bits per heavy atom. The molecule has 3 heterocycles. The van der Waals surface area contributed by atoms with Crippen molar-refractivity contribution in [3.05, 3.63) is 41.6 Å². The molecule has 174 valence electrons. The lowest BCUT2D eigenvalue weighted by Gasteiger charge is -2.27. The van der Waals surface area contributed by atoms with Crippen molar-refractivity contribution in [2.45, 2.75) is 37.3 Å². The highest BCUT2D eigenvalue weighted by atomic mass is 16.6. The van der Waals surface area contributed by atoms with Gasteiger partial charge in [0, 0.05) is 31.9 Å². The molecule has 4 aliphatic rings. The van der Waals surface area contributed by atoms with E-state index >= 15 is 0 Å². The first kappa shape index (κ1) is 21.2. The van der Waals surface area contributed by atoms with E-state index in [2.05, 4.69) is 20.6 Å². The number of nitrogens with one attached hydrogen (secondary N) is 3. The minimum Gasteiger partial charge on any atom is -0.436 e. The van der Waals surface area contributed by atoms with Crippen LogP contribution in [0.2, 0.25) is 0 Å². The van der Waals surface area contributed by atoms with E-state index in [1.165, 1.54) is 11.9 Å². The van der Waals surface area contributed by atoms with E-state index in [0.29, 0.717) is 19.4 Å². The van der Waals surface area contributed by atoms with E-state index in [-0.39, 0.29) is 36.5 Å². The van der Waals surface area contributed by atoms with Gasteiger partial charge in [0.15, 0.2) is 11.4 Å². The molecule has 3 fully saturated rings. The molecule has 5 rings (SSSR count). The summed E-state index contributed by atoms with van der Waals surface area (Å²) in [6.07, 6.45) is 8.86. The molecule has 1 aromatic heterocycles. The van der Waals surface area contributed by atoms with Crippen molar-refractivity contribution in [2.75, 3.05) is 26.7 Å². The number of hydrogen-bond donors (Lipinski definition) is 3. The second-order valence-corrected chi connectivity index (χ2v) is 8.80. The van der Waals surface area contributed by atoms with Crippen LogP contribution < -0.4 is 10.6 Å². The fraction of sp³-hybridized carbons (Fsp3) is 0.500. The first-order chi connectivity index (χ1) is 15.9. The Morgan fingerprint density at radius 3 is 2.91 bits per heavy atom. The van der Waals surface area contributed by atoms with Crippen LogP contribution >= 0.6 is 0 Å². The first-order valence-electron chi connectivity index (χ1n) is 11.1. The fourth-order valence-corrected chi connectivity index (χ4v) is 5.37. The number of fused-ring (bicyclic) bond motifs is 2. The summed E-state index contributed by atoms with van der Waals surface area (Å²) in [6.45, 7) is 0.757. The third-order valence-electron chi connectivity index (χ3n) is 6.95. The average molecular weight is 454 g/mol. The van der Waals surface area contributed by atoms with Crippen LogP contribution in [0.3, 0.4) is 0 Å². The van der Waals surface area contributed by atoms with Gasteiger partial charge < -0.3 is 25.3 Å². The molecule has 1 aromatic rings. The number of ketones is 1. The highest BCUT2D eigenvalue weighted by molar-refractivity contribution is 6.03. The third kappa shape index (κ3) is 3.57. The molecule has 0 aromatic carbocycles. The standard InChI is InChI=1S/C22H26N6O5/c1-23-20(31)26-15-5-4-14-13(18(15)30)6-7-22(14)12-27(21(32)33-22)11-17(29)28-10-2-3-16(28)19-24-8-9-25-19/h4-5,8-9,13,16H,2-3,6-7,10-12H2,1H3,(H,24,25)(H2,23,26,31). The van der Waals surface area contributed by atoms with E-state index in [1.807, 2.05) is 0 Å². The molecule has 11 heteroatoms. The molecule has 0 bridgehead atoms. The minimum absolute atomic E-state index is 0.0804. The zero-order chi connectivity index (χ0) is 23.2. The van der Waals surface area contributed by atoms with Crippen molar-refractivity contribution in [3.8, 4) is 0 Å². The van der Waals surface area contributed by atoms with Crippen molar-refractivity contribution in [2.24, 2.45) is 5.92 Å². The predicted octanol–water partition coefficient (Wildman–Crippen LogP) is 0.996. The number of rotatable bonds is 4. The highest BCUT2D eigenvalue weighted by Crippen LogP contribution is 2.48. The summed E-state index contributed by atoms with van der Waals surface area (Å²) in [5.41, 5.74) is 0.0282. The Hall–Kier alpha value is -3.63. The number of nitrogens with zero attached hydrogens (tertiary/aromatic N) is 3. The van der Waals surface area contributed by atoms with Gasteiger partial charge in [-0.05, 0) is 37.3 Å². The SMILES string of the molecule is CNC(=O)NC1=CC=C2C(CCC23CN(CC(=O)N2CCCC2c2ncc[nH]2)C(=O)O3)C1=O. The van der Waals surface area contributed by atoms with Crippen molar-refractivity contribution >= 4 is 23.8 Å². The van der Waals surface area contributed by atoms with E-state index in [0.717, 1.165) is 24.2 Å². The summed E-state index contributed by atoms with van der Waals surface area (Å²) in [6, 6.07) is -0.586. The van der Waals surface area contributed by atoms with Gasteiger partial charge in [-0.15, -0.1) is 0 Å². The van der Waals surface area contributed by atoms with Gasteiger partial charge in [0.05, 0.1) is 18.3 Å². The molecule has 1 spiro atoms. The quantitative estimate of drug-likeness (QED) is 0.621. The summed E-state index contributed by atoms with van der Waals surface area (Å²) in [5.74, 6) is -0.0497. The monoisotopic (exact) mass is 454 g/mol. The summed E-state index contributed by atoms with van der Waals surface area (Å²) in [7, 11) is 1.47. The van der Waals surface area contributed by atoms with Crippen LogP contribution in [0.5, 0.6) is 0 Å². The number of ether oxygens (including phenoxy) is 1. The number of carbonyl (C=O) groups is 4. The summed E-state index contributed by atoms with van der Waals surface area (Å²) in [5, 5.41) is 4.97. The van der Waals surface area contributed by atoms with Gasteiger partial charge in [0.1, 0.15) is 12.4 Å². The smallest absolute Gasteiger partial charge is 0.411 e. The molecule has 11 nitrogen and oxygen atoms in total. The van der Waals surface area contributed by atoms with Crippen molar-refractivity contribution < 1.29 is 23.9 Å². The first-order valence-corrected chi connectivity index (χ1v) is 11.1. The Labute approximate surface area is 190 Å². The molecule has 2 aliphatic carbocycles. The van der Waals surface area contributed by atoms with Gasteiger partial charge in [0.25, 0.3) is 0 Å². The molecule has 4 amide bonds. The zero-order valence-electron chi connectivity index (χ0n) is 18.3. The topological polar surface area (TPSA) is 137 Å². The maximum absolute atomic E-state index is 13.1. The van der Waals surface area contributed by atoms with Crippen molar-refractivity contribution in [1.29, 1.82) is 0 Å². The summed E-state index contributed by atoms with van der Waals surface area (Å²) < 4.78 is 5.79.